The van der Waals surface area contributed by atoms with E-state index in [2.05, 4.69) is 0 Å². The first-order valence-corrected chi connectivity index (χ1v) is 6.53. The molecule has 1 saturated heterocycles. The minimum Gasteiger partial charge on any atom is -0.370 e. The normalized spacial score (nSPS) is 29.0. The minimum atomic E-state index is -3.07. The molecule has 1 aliphatic rings. The molecule has 1 fully saturated rings. The number of rotatable bonds is 2. The molecule has 0 aromatic carbocycles. The van der Waals surface area contributed by atoms with E-state index in [4.69, 9.17) is 4.74 Å². The maximum atomic E-state index is 11.7. The molecule has 0 aromatic heterocycles. The van der Waals surface area contributed by atoms with E-state index in [0.717, 1.165) is 0 Å². The molecule has 0 spiro atoms. The van der Waals surface area contributed by atoms with Crippen molar-refractivity contribution in [1.82, 2.24) is 4.31 Å². The third kappa shape index (κ3) is 2.68. The van der Waals surface area contributed by atoms with Crippen molar-refractivity contribution in [2.45, 2.75) is 39.4 Å². The molecule has 0 bridgehead atoms. The summed E-state index contributed by atoms with van der Waals surface area (Å²) in [5.41, 5.74) is -0.375. The highest BCUT2D eigenvalue weighted by Crippen LogP contribution is 2.22. The van der Waals surface area contributed by atoms with Crippen LogP contribution in [0.1, 0.15) is 27.7 Å². The second kappa shape index (κ2) is 3.79. The number of morpholine rings is 1. The van der Waals surface area contributed by atoms with E-state index in [9.17, 15) is 8.42 Å². The maximum absolute atomic E-state index is 11.7. The van der Waals surface area contributed by atoms with Crippen molar-refractivity contribution in [3.8, 4) is 0 Å². The summed E-state index contributed by atoms with van der Waals surface area (Å²) in [6.45, 7) is 8.33. The van der Waals surface area contributed by atoms with Crippen LogP contribution in [0.3, 0.4) is 0 Å². The zero-order valence-corrected chi connectivity index (χ0v) is 10.1. The van der Waals surface area contributed by atoms with E-state index in [1.165, 1.54) is 4.31 Å². The SMILES string of the molecule is CCS(=O)(=O)N1CC(C)OC(C)(C)C1. The summed E-state index contributed by atoms with van der Waals surface area (Å²) in [5.74, 6) is 0.163. The molecule has 84 valence electrons. The Morgan fingerprint density at radius 1 is 1.50 bits per heavy atom. The molecule has 0 N–H and O–H groups in total. The first-order valence-electron chi connectivity index (χ1n) is 4.92. The lowest BCUT2D eigenvalue weighted by Crippen LogP contribution is -2.54. The fourth-order valence-corrected chi connectivity index (χ4v) is 3.10. The van der Waals surface area contributed by atoms with Crippen molar-refractivity contribution >= 4 is 10.0 Å². The molecule has 1 atom stereocenters. The lowest BCUT2D eigenvalue weighted by Gasteiger charge is -2.40. The Morgan fingerprint density at radius 2 is 2.07 bits per heavy atom. The van der Waals surface area contributed by atoms with Crippen LogP contribution in [0.2, 0.25) is 0 Å². The lowest BCUT2D eigenvalue weighted by molar-refractivity contribution is -0.109. The van der Waals surface area contributed by atoms with Crippen molar-refractivity contribution in [3.63, 3.8) is 0 Å². The van der Waals surface area contributed by atoms with Crippen molar-refractivity contribution in [2.24, 2.45) is 0 Å². The van der Waals surface area contributed by atoms with Crippen LogP contribution in [0, 0.1) is 0 Å². The summed E-state index contributed by atoms with van der Waals surface area (Å²) >= 11 is 0. The average Bonchev–Trinajstić information content (AvgIpc) is 2.00. The minimum absolute atomic E-state index is 0.0277. The van der Waals surface area contributed by atoms with Gasteiger partial charge in [-0.05, 0) is 27.7 Å². The first kappa shape index (κ1) is 11.9. The van der Waals surface area contributed by atoms with Crippen LogP contribution < -0.4 is 0 Å². The number of nitrogens with zero attached hydrogens (tertiary/aromatic N) is 1. The van der Waals surface area contributed by atoms with E-state index in [1.807, 2.05) is 20.8 Å². The van der Waals surface area contributed by atoms with Gasteiger partial charge in [-0.1, -0.05) is 0 Å². The molecule has 0 aliphatic carbocycles. The summed E-state index contributed by atoms with van der Waals surface area (Å²) in [6, 6.07) is 0. The standard InChI is InChI=1S/C9H19NO3S/c1-5-14(11,12)10-6-8(2)13-9(3,4)7-10/h8H,5-7H2,1-4H3. The second-order valence-corrected chi connectivity index (χ2v) is 6.64. The van der Waals surface area contributed by atoms with Crippen LogP contribution in [0.5, 0.6) is 0 Å². The van der Waals surface area contributed by atoms with Crippen molar-refractivity contribution in [3.05, 3.63) is 0 Å². The zero-order chi connectivity index (χ0) is 11.0. The summed E-state index contributed by atoms with van der Waals surface area (Å²) in [4.78, 5) is 0. The van der Waals surface area contributed by atoms with Gasteiger partial charge in [0.1, 0.15) is 0 Å². The molecule has 14 heavy (non-hydrogen) atoms. The van der Waals surface area contributed by atoms with E-state index in [0.29, 0.717) is 13.1 Å². The van der Waals surface area contributed by atoms with Gasteiger partial charge in [0.2, 0.25) is 10.0 Å². The predicted octanol–water partition coefficient (Wildman–Crippen LogP) is 0.835. The summed E-state index contributed by atoms with van der Waals surface area (Å²) in [6.07, 6.45) is -0.0277. The van der Waals surface area contributed by atoms with Crippen LogP contribution in [-0.4, -0.2) is 43.3 Å². The molecule has 1 rings (SSSR count). The van der Waals surface area contributed by atoms with Crippen LogP contribution in [0.4, 0.5) is 0 Å². The van der Waals surface area contributed by atoms with Gasteiger partial charge in [-0.25, -0.2) is 8.42 Å². The summed E-state index contributed by atoms with van der Waals surface area (Å²) < 4.78 is 30.5. The highest BCUT2D eigenvalue weighted by molar-refractivity contribution is 7.89. The van der Waals surface area contributed by atoms with Gasteiger partial charge in [0.05, 0.1) is 17.5 Å². The number of sulfonamides is 1. The van der Waals surface area contributed by atoms with Gasteiger partial charge in [0.25, 0.3) is 0 Å². The average molecular weight is 221 g/mol. The second-order valence-electron chi connectivity index (χ2n) is 4.38. The van der Waals surface area contributed by atoms with E-state index >= 15 is 0 Å². The van der Waals surface area contributed by atoms with Crippen molar-refractivity contribution in [2.75, 3.05) is 18.8 Å². The molecule has 4 nitrogen and oxygen atoms in total. The van der Waals surface area contributed by atoms with Gasteiger partial charge >= 0.3 is 0 Å². The smallest absolute Gasteiger partial charge is 0.214 e. The highest BCUT2D eigenvalue weighted by Gasteiger charge is 2.36. The summed E-state index contributed by atoms with van der Waals surface area (Å²) in [7, 11) is -3.07. The van der Waals surface area contributed by atoms with Gasteiger partial charge in [-0.15, -0.1) is 0 Å². The van der Waals surface area contributed by atoms with E-state index in [1.54, 1.807) is 6.92 Å². The quantitative estimate of drug-likeness (QED) is 0.694. The van der Waals surface area contributed by atoms with Crippen LogP contribution >= 0.6 is 0 Å². The molecular formula is C9H19NO3S. The summed E-state index contributed by atoms with van der Waals surface area (Å²) in [5, 5.41) is 0. The Morgan fingerprint density at radius 3 is 2.50 bits per heavy atom. The van der Waals surface area contributed by atoms with Crippen LogP contribution in [0.25, 0.3) is 0 Å². The van der Waals surface area contributed by atoms with Crippen molar-refractivity contribution < 1.29 is 13.2 Å². The monoisotopic (exact) mass is 221 g/mol. The van der Waals surface area contributed by atoms with Gasteiger partial charge in [0, 0.05) is 13.1 Å². The fraction of sp³-hybridized carbons (Fsp3) is 1.00. The highest BCUT2D eigenvalue weighted by atomic mass is 32.2. The Hall–Kier alpha value is -0.130. The molecule has 0 amide bonds. The Labute approximate surface area is 86.3 Å². The van der Waals surface area contributed by atoms with Crippen molar-refractivity contribution in [1.29, 1.82) is 0 Å². The van der Waals surface area contributed by atoms with E-state index in [-0.39, 0.29) is 17.5 Å². The molecule has 1 unspecified atom stereocenters. The Kier molecular flexibility index (Phi) is 3.23. The largest absolute Gasteiger partial charge is 0.370 e. The van der Waals surface area contributed by atoms with E-state index < -0.39 is 10.0 Å². The molecule has 5 heteroatoms. The van der Waals surface area contributed by atoms with Gasteiger partial charge in [0.15, 0.2) is 0 Å². The van der Waals surface area contributed by atoms with Crippen LogP contribution in [0.15, 0.2) is 0 Å². The molecule has 0 radical (unpaired) electrons. The molecule has 0 saturated carbocycles. The molecule has 1 aliphatic heterocycles. The molecule has 0 aromatic rings. The molecular weight excluding hydrogens is 202 g/mol. The zero-order valence-electron chi connectivity index (χ0n) is 9.28. The first-order chi connectivity index (χ1) is 6.27. The van der Waals surface area contributed by atoms with Gasteiger partial charge < -0.3 is 4.74 Å². The fourth-order valence-electron chi connectivity index (χ4n) is 1.79. The third-order valence-corrected chi connectivity index (χ3v) is 4.09. The van der Waals surface area contributed by atoms with Gasteiger partial charge in [-0.3, -0.25) is 0 Å². The Balaban J connectivity index is 2.82. The lowest BCUT2D eigenvalue weighted by atomic mass is 10.1. The topological polar surface area (TPSA) is 46.6 Å². The van der Waals surface area contributed by atoms with Gasteiger partial charge in [-0.2, -0.15) is 4.31 Å². The van der Waals surface area contributed by atoms with Crippen LogP contribution in [-0.2, 0) is 14.8 Å². The predicted molar refractivity (Wildman–Crippen MR) is 55.7 cm³/mol. The number of ether oxygens (including phenoxy) is 1. The number of hydrogen-bond acceptors (Lipinski definition) is 3. The maximum Gasteiger partial charge on any atom is 0.214 e. The molecule has 1 heterocycles. The third-order valence-electron chi connectivity index (χ3n) is 2.30. The number of hydrogen-bond donors (Lipinski definition) is 0. The Bertz CT molecular complexity index is 297.